The van der Waals surface area contributed by atoms with Gasteiger partial charge in [-0.25, -0.2) is 4.39 Å². The van der Waals surface area contributed by atoms with E-state index in [9.17, 15) is 14.0 Å². The minimum atomic E-state index is -0.354. The summed E-state index contributed by atoms with van der Waals surface area (Å²) in [4.78, 5) is 26.3. The third kappa shape index (κ3) is 4.73. The molecule has 6 heteroatoms. The second-order valence-electron chi connectivity index (χ2n) is 11.0. The first-order valence-corrected chi connectivity index (χ1v) is 13.9. The molecule has 2 amide bonds. The van der Waals surface area contributed by atoms with Gasteiger partial charge in [0.1, 0.15) is 17.2 Å². The number of aryl methyl sites for hydroxylation is 1. The summed E-state index contributed by atoms with van der Waals surface area (Å²) in [5.41, 5.74) is 5.26. The Morgan fingerprint density at radius 1 is 0.974 bits per heavy atom. The summed E-state index contributed by atoms with van der Waals surface area (Å²) >= 11 is 0. The molecule has 7 rings (SSSR count). The average molecular weight is 525 g/mol. The quantitative estimate of drug-likeness (QED) is 0.270. The van der Waals surface area contributed by atoms with Crippen molar-refractivity contribution in [2.75, 3.05) is 7.05 Å². The van der Waals surface area contributed by atoms with Gasteiger partial charge in [-0.2, -0.15) is 0 Å². The molecule has 0 saturated heterocycles. The fraction of sp³-hybridized carbons (Fsp3) is 0.333. The van der Waals surface area contributed by atoms with Crippen molar-refractivity contribution in [2.45, 2.75) is 51.5 Å². The van der Waals surface area contributed by atoms with Gasteiger partial charge in [-0.05, 0) is 109 Å². The summed E-state index contributed by atoms with van der Waals surface area (Å²) in [5, 5.41) is 6.70. The fourth-order valence-corrected chi connectivity index (χ4v) is 6.36. The predicted molar refractivity (Wildman–Crippen MR) is 151 cm³/mol. The van der Waals surface area contributed by atoms with Crippen LogP contribution in [-0.4, -0.2) is 24.9 Å². The molecular weight excluding hydrogens is 491 g/mol. The zero-order valence-corrected chi connectivity index (χ0v) is 22.4. The third-order valence-electron chi connectivity index (χ3n) is 8.47. The van der Waals surface area contributed by atoms with Crippen LogP contribution in [0, 0.1) is 17.7 Å². The molecular formula is C33H33FN2O3. The summed E-state index contributed by atoms with van der Waals surface area (Å²) in [7, 11) is 1.58. The lowest BCUT2D eigenvalue weighted by Crippen LogP contribution is -2.49. The number of fused-ring (bicyclic) bond motifs is 3. The summed E-state index contributed by atoms with van der Waals surface area (Å²) in [6.45, 7) is 2.12. The zero-order valence-electron chi connectivity index (χ0n) is 22.4. The molecule has 2 N–H and O–H groups in total. The molecule has 200 valence electrons. The van der Waals surface area contributed by atoms with Crippen LogP contribution in [0.25, 0.3) is 33.4 Å². The maximum absolute atomic E-state index is 13.6. The number of nitrogens with one attached hydrogen (secondary N) is 2. The van der Waals surface area contributed by atoms with E-state index in [-0.39, 0.29) is 23.7 Å². The molecule has 3 aromatic carbocycles. The molecule has 39 heavy (non-hydrogen) atoms. The smallest absolute Gasteiger partial charge is 0.255 e. The van der Waals surface area contributed by atoms with Gasteiger partial charge < -0.3 is 15.1 Å². The third-order valence-corrected chi connectivity index (χ3v) is 8.47. The predicted octanol–water partition coefficient (Wildman–Crippen LogP) is 7.14. The molecule has 1 atom stereocenters. The van der Waals surface area contributed by atoms with Crippen molar-refractivity contribution in [3.05, 3.63) is 83.2 Å². The highest BCUT2D eigenvalue weighted by Crippen LogP contribution is 2.45. The van der Waals surface area contributed by atoms with Crippen LogP contribution >= 0.6 is 0 Å². The Kier molecular flexibility index (Phi) is 6.71. The van der Waals surface area contributed by atoms with Gasteiger partial charge in [-0.15, -0.1) is 0 Å². The second-order valence-corrected chi connectivity index (χ2v) is 11.0. The molecule has 0 aliphatic heterocycles. The largest absolute Gasteiger partial charge is 0.455 e. The SMILES string of the molecule is CCCc1cc2oc(-c3ccc(F)cc3)c(C(=O)NC)c2cc1-c1cccc(C(=O)N[C@H]2CCC3CC2C3)c1. The number of halogens is 1. The minimum absolute atomic E-state index is 0.0294. The van der Waals surface area contributed by atoms with Crippen molar-refractivity contribution in [3.8, 4) is 22.5 Å². The number of furan rings is 1. The van der Waals surface area contributed by atoms with E-state index in [0.29, 0.717) is 39.3 Å². The Labute approximate surface area is 227 Å². The van der Waals surface area contributed by atoms with Crippen LogP contribution in [0.15, 0.2) is 65.1 Å². The molecule has 3 aliphatic carbocycles. The van der Waals surface area contributed by atoms with Crippen LogP contribution in [0.3, 0.4) is 0 Å². The van der Waals surface area contributed by atoms with Crippen molar-refractivity contribution >= 4 is 22.8 Å². The Morgan fingerprint density at radius 3 is 2.46 bits per heavy atom. The molecule has 0 spiro atoms. The van der Waals surface area contributed by atoms with Gasteiger partial charge in [0.2, 0.25) is 0 Å². The monoisotopic (exact) mass is 524 g/mol. The number of hydrogen-bond acceptors (Lipinski definition) is 3. The second kappa shape index (κ2) is 10.3. The Hall–Kier alpha value is -3.93. The van der Waals surface area contributed by atoms with Gasteiger partial charge in [-0.3, -0.25) is 9.59 Å². The lowest BCUT2D eigenvalue weighted by atomic mass is 9.63. The fourth-order valence-electron chi connectivity index (χ4n) is 6.36. The first-order valence-electron chi connectivity index (χ1n) is 13.9. The maximum atomic E-state index is 13.6. The van der Waals surface area contributed by atoms with Gasteiger partial charge in [0, 0.05) is 29.6 Å². The first-order chi connectivity index (χ1) is 18.9. The summed E-state index contributed by atoms with van der Waals surface area (Å²) in [5.74, 6) is 1.23. The van der Waals surface area contributed by atoms with Crippen LogP contribution in [0.5, 0.6) is 0 Å². The summed E-state index contributed by atoms with van der Waals surface area (Å²) in [6.07, 6.45) is 6.50. The minimum Gasteiger partial charge on any atom is -0.455 e. The number of carbonyl (C=O) groups excluding carboxylic acids is 2. The van der Waals surface area contributed by atoms with Crippen LogP contribution in [0.4, 0.5) is 4.39 Å². The van der Waals surface area contributed by atoms with Gasteiger partial charge in [0.25, 0.3) is 11.8 Å². The van der Waals surface area contributed by atoms with Crippen LogP contribution < -0.4 is 10.6 Å². The Morgan fingerprint density at radius 2 is 1.77 bits per heavy atom. The lowest BCUT2D eigenvalue weighted by Gasteiger charge is -2.46. The molecule has 1 aromatic heterocycles. The lowest BCUT2D eigenvalue weighted by molar-refractivity contribution is 0.0618. The van der Waals surface area contributed by atoms with Crippen LogP contribution in [0.2, 0.25) is 0 Å². The average Bonchev–Trinajstić information content (AvgIpc) is 3.31. The Bertz CT molecular complexity index is 1550. The van der Waals surface area contributed by atoms with Crippen molar-refractivity contribution < 1.29 is 18.4 Å². The normalized spacial score (nSPS) is 19.9. The van der Waals surface area contributed by atoms with Crippen molar-refractivity contribution in [3.63, 3.8) is 0 Å². The first kappa shape index (κ1) is 25.4. The molecule has 0 unspecified atom stereocenters. The number of carbonyl (C=O) groups is 2. The van der Waals surface area contributed by atoms with Gasteiger partial charge in [-0.1, -0.05) is 25.5 Å². The van der Waals surface area contributed by atoms with Gasteiger partial charge in [0.15, 0.2) is 0 Å². The molecule has 3 fully saturated rings. The van der Waals surface area contributed by atoms with Crippen molar-refractivity contribution in [1.29, 1.82) is 0 Å². The molecule has 1 heterocycles. The van der Waals surface area contributed by atoms with Crippen molar-refractivity contribution in [2.24, 2.45) is 11.8 Å². The van der Waals surface area contributed by atoms with E-state index >= 15 is 0 Å². The van der Waals surface area contributed by atoms with Gasteiger partial charge >= 0.3 is 0 Å². The van der Waals surface area contributed by atoms with Crippen LogP contribution in [-0.2, 0) is 6.42 Å². The maximum Gasteiger partial charge on any atom is 0.255 e. The highest BCUT2D eigenvalue weighted by molar-refractivity contribution is 6.12. The molecule has 5 nitrogen and oxygen atoms in total. The molecule has 0 radical (unpaired) electrons. The summed E-state index contributed by atoms with van der Waals surface area (Å²) < 4.78 is 19.9. The zero-order chi connectivity index (χ0) is 27.1. The van der Waals surface area contributed by atoms with E-state index in [0.717, 1.165) is 41.9 Å². The van der Waals surface area contributed by atoms with Crippen LogP contribution in [0.1, 0.15) is 65.3 Å². The van der Waals surface area contributed by atoms with E-state index in [2.05, 4.69) is 17.6 Å². The Balaban J connectivity index is 1.42. The number of hydrogen-bond donors (Lipinski definition) is 2. The highest BCUT2D eigenvalue weighted by atomic mass is 19.1. The molecule has 3 aliphatic rings. The molecule has 3 saturated carbocycles. The standard InChI is InChI=1S/C33H33FN2O3/c1-3-5-21-17-29-27(30(33(38)35-2)31(39-29)20-9-11-25(34)12-10-20)18-26(21)22-6-4-7-23(16-22)32(37)36-28-13-8-19-14-24(28)15-19/h4,6-7,9-12,16-19,24,28H,3,5,8,13-15H2,1-2H3,(H,35,38)(H,36,37)/t19?,24?,28-/m0/s1. The topological polar surface area (TPSA) is 71.3 Å². The number of rotatable bonds is 7. The number of benzene rings is 3. The summed E-state index contributed by atoms with van der Waals surface area (Å²) in [6, 6.07) is 17.9. The van der Waals surface area contributed by atoms with E-state index in [4.69, 9.17) is 4.42 Å². The van der Waals surface area contributed by atoms with E-state index in [1.54, 1.807) is 19.2 Å². The highest BCUT2D eigenvalue weighted by Gasteiger charge is 2.40. The number of amides is 2. The van der Waals surface area contributed by atoms with E-state index < -0.39 is 0 Å². The van der Waals surface area contributed by atoms with Crippen molar-refractivity contribution in [1.82, 2.24) is 10.6 Å². The van der Waals surface area contributed by atoms with E-state index in [1.165, 1.54) is 31.4 Å². The van der Waals surface area contributed by atoms with E-state index in [1.807, 2.05) is 36.4 Å². The molecule has 4 aromatic rings. The van der Waals surface area contributed by atoms with Gasteiger partial charge in [0.05, 0.1) is 5.56 Å². The molecule has 2 bridgehead atoms.